The highest BCUT2D eigenvalue weighted by Crippen LogP contribution is 2.76. The van der Waals surface area contributed by atoms with Crippen LogP contribution in [0.5, 0.6) is 0 Å². The maximum atomic E-state index is 13.2. The summed E-state index contributed by atoms with van der Waals surface area (Å²) in [4.78, 5) is 63.1. The summed E-state index contributed by atoms with van der Waals surface area (Å²) in [5.41, 5.74) is 1.28. The second-order valence-corrected chi connectivity index (χ2v) is 23.0. The van der Waals surface area contributed by atoms with Gasteiger partial charge in [-0.2, -0.15) is 0 Å². The molecule has 60 heavy (non-hydrogen) atoms. The number of esters is 5. The minimum atomic E-state index is -2.54. The van der Waals surface area contributed by atoms with Crippen LogP contribution in [0.15, 0.2) is 11.6 Å². The minimum absolute atomic E-state index is 0.00781. The Labute approximate surface area is 370 Å². The van der Waals surface area contributed by atoms with Gasteiger partial charge in [-0.3, -0.25) is 14.4 Å². The van der Waals surface area contributed by atoms with Crippen molar-refractivity contribution in [3.63, 3.8) is 0 Å². The first-order valence-electron chi connectivity index (χ1n) is 21.5. The summed E-state index contributed by atoms with van der Waals surface area (Å²) in [6.07, 6.45) is 4.09. The van der Waals surface area contributed by atoms with Gasteiger partial charge in [0.05, 0.1) is 19.8 Å². The van der Waals surface area contributed by atoms with E-state index in [0.717, 1.165) is 72.3 Å². The van der Waals surface area contributed by atoms with Crippen LogP contribution < -0.4 is 0 Å². The average molecular weight is 904 g/mol. The smallest absolute Gasteiger partial charge is 0.359 e. The van der Waals surface area contributed by atoms with Crippen LogP contribution in [0, 0.1) is 50.2 Å². The molecule has 0 spiro atoms. The normalized spacial score (nSPS) is 43.3. The maximum Gasteiger partial charge on any atom is 0.359 e. The van der Waals surface area contributed by atoms with E-state index in [9.17, 15) is 24.0 Å². The molecule has 5 fully saturated rings. The van der Waals surface area contributed by atoms with Gasteiger partial charge in [0.1, 0.15) is 0 Å². The third kappa shape index (κ3) is 8.24. The largest absolute Gasteiger partial charge is 0.467 e. The zero-order chi connectivity index (χ0) is 44.6. The molecule has 6 rings (SSSR count). The van der Waals surface area contributed by atoms with Gasteiger partial charge in [-0.25, -0.2) is 9.59 Å². The van der Waals surface area contributed by atoms with Crippen molar-refractivity contribution in [2.45, 2.75) is 174 Å². The zero-order valence-electron chi connectivity index (χ0n) is 37.1. The first-order chi connectivity index (χ1) is 27.7. The Morgan fingerprint density at radius 1 is 0.767 bits per heavy atom. The Balaban J connectivity index is 1.31. The molecule has 0 amide bonds. The number of rotatable bonds is 8. The van der Waals surface area contributed by atoms with Gasteiger partial charge >= 0.3 is 29.8 Å². The molecular formula is C45H65Cl3O12. The molecule has 1 heterocycles. The van der Waals surface area contributed by atoms with Gasteiger partial charge in [0.2, 0.25) is 0 Å². The number of carbonyl (C=O) groups is 5. The molecule has 0 aromatic heterocycles. The maximum absolute atomic E-state index is 13.2. The first kappa shape index (κ1) is 47.4. The third-order valence-electron chi connectivity index (χ3n) is 16.8. The second kappa shape index (κ2) is 16.5. The van der Waals surface area contributed by atoms with Crippen LogP contribution in [-0.2, 0) is 57.1 Å². The number of carbonyl (C=O) groups excluding carboxylic acids is 5. The van der Waals surface area contributed by atoms with E-state index in [0.29, 0.717) is 24.9 Å². The summed E-state index contributed by atoms with van der Waals surface area (Å²) < 4.78 is 37.9. The Morgan fingerprint density at radius 3 is 2.00 bits per heavy atom. The standard InChI is InChI=1S/C45H65Cl3O12/c1-24(49)55-23-40(6)18-19-41(7)20-21-43(9)27(28(41)22-40)12-13-30-42(8)16-15-31(39(4,5)29(42)14-17-44(30,43)10)58-37-35(60-38(53)45(46,47)48)33(57-26(3)51)32(56-25(2)50)34(59-37)36(52)54-11/h12,28-35,37H,13-23H2,1-11H3/t28-,29-,30+,31-,32-,33-,34-,35+,37+,40-,41+,42-,43+,44+/m0/s1. The molecule has 0 unspecified atom stereocenters. The average Bonchev–Trinajstić information content (AvgIpc) is 3.14. The van der Waals surface area contributed by atoms with Crippen molar-refractivity contribution in [1.82, 2.24) is 0 Å². The van der Waals surface area contributed by atoms with E-state index >= 15 is 0 Å². The van der Waals surface area contributed by atoms with Gasteiger partial charge in [0.25, 0.3) is 3.79 Å². The predicted octanol–water partition coefficient (Wildman–Crippen LogP) is 8.78. The molecule has 12 nitrogen and oxygen atoms in total. The van der Waals surface area contributed by atoms with Crippen molar-refractivity contribution in [1.29, 1.82) is 0 Å². The van der Waals surface area contributed by atoms with Gasteiger partial charge in [-0.15, -0.1) is 0 Å². The van der Waals surface area contributed by atoms with Gasteiger partial charge < -0.3 is 33.2 Å². The van der Waals surface area contributed by atoms with Crippen molar-refractivity contribution >= 4 is 64.6 Å². The van der Waals surface area contributed by atoms with E-state index in [1.54, 1.807) is 5.57 Å². The number of allylic oxidation sites excluding steroid dienone is 2. The van der Waals surface area contributed by atoms with Crippen molar-refractivity contribution in [3.05, 3.63) is 11.6 Å². The lowest BCUT2D eigenvalue weighted by Crippen LogP contribution is -2.67. The predicted molar refractivity (Wildman–Crippen MR) is 222 cm³/mol. The van der Waals surface area contributed by atoms with E-state index in [2.05, 4.69) is 54.5 Å². The second-order valence-electron chi connectivity index (χ2n) is 20.7. The molecule has 338 valence electrons. The molecule has 1 saturated heterocycles. The van der Waals surface area contributed by atoms with E-state index in [-0.39, 0.29) is 39.0 Å². The summed E-state index contributed by atoms with van der Waals surface area (Å²) in [7, 11) is 1.14. The summed E-state index contributed by atoms with van der Waals surface area (Å²) in [5.74, 6) is -3.08. The molecule has 0 aromatic carbocycles. The van der Waals surface area contributed by atoms with Crippen molar-refractivity contribution in [2.24, 2.45) is 50.2 Å². The van der Waals surface area contributed by atoms with Crippen LogP contribution in [-0.4, -0.2) is 84.2 Å². The minimum Gasteiger partial charge on any atom is -0.467 e. The fraction of sp³-hybridized carbons (Fsp3) is 0.844. The molecule has 6 aliphatic rings. The van der Waals surface area contributed by atoms with Crippen molar-refractivity contribution in [2.75, 3.05) is 13.7 Å². The molecule has 14 atom stereocenters. The molecule has 15 heteroatoms. The summed E-state index contributed by atoms with van der Waals surface area (Å²) in [6.45, 7) is 20.9. The summed E-state index contributed by atoms with van der Waals surface area (Å²) in [5, 5.41) is 0. The molecule has 1 aliphatic heterocycles. The number of methoxy groups -OCH3 is 1. The van der Waals surface area contributed by atoms with E-state index in [1.807, 2.05) is 0 Å². The lowest BCUT2D eigenvalue weighted by atomic mass is 9.33. The highest BCUT2D eigenvalue weighted by Gasteiger charge is 2.69. The highest BCUT2D eigenvalue weighted by molar-refractivity contribution is 6.75. The number of hydrogen-bond acceptors (Lipinski definition) is 12. The summed E-state index contributed by atoms with van der Waals surface area (Å²) in [6, 6.07) is 0. The molecular weight excluding hydrogens is 839 g/mol. The number of fused-ring (bicyclic) bond motifs is 7. The van der Waals surface area contributed by atoms with Crippen LogP contribution in [0.4, 0.5) is 0 Å². The number of alkyl halides is 3. The molecule has 4 saturated carbocycles. The Hall–Kier alpha value is -2.12. The first-order valence-corrected chi connectivity index (χ1v) is 22.6. The SMILES string of the molecule is COC(=O)[C@H]1O[C@@H](O[C@H]2CC[C@]3(C)[C@H]4CC=C5[C@@H]6C[C@@](C)(COC(C)=O)CC[C@]6(C)CC[C@@]5(C)[C@]4(C)CC[C@H]3C2(C)C)[C@H](OC(=O)C(Cl)(Cl)Cl)[C@@H](OC(C)=O)[C@@H]1OC(C)=O. The van der Waals surface area contributed by atoms with Crippen LogP contribution in [0.25, 0.3) is 0 Å². The molecule has 0 aromatic rings. The summed E-state index contributed by atoms with van der Waals surface area (Å²) >= 11 is 17.8. The van der Waals surface area contributed by atoms with Crippen molar-refractivity contribution < 1.29 is 57.1 Å². The van der Waals surface area contributed by atoms with Gasteiger partial charge in [0, 0.05) is 26.2 Å². The monoisotopic (exact) mass is 902 g/mol. The molecule has 5 aliphatic carbocycles. The van der Waals surface area contributed by atoms with Crippen LogP contribution in [0.3, 0.4) is 0 Å². The fourth-order valence-electron chi connectivity index (χ4n) is 13.4. The fourth-order valence-corrected chi connectivity index (χ4v) is 13.5. The van der Waals surface area contributed by atoms with E-state index < -0.39 is 69.9 Å². The van der Waals surface area contributed by atoms with Gasteiger partial charge in [0.15, 0.2) is 30.7 Å². The van der Waals surface area contributed by atoms with Crippen LogP contribution >= 0.6 is 34.8 Å². The zero-order valence-corrected chi connectivity index (χ0v) is 39.4. The van der Waals surface area contributed by atoms with Crippen LogP contribution in [0.2, 0.25) is 0 Å². The van der Waals surface area contributed by atoms with E-state index in [4.69, 9.17) is 68.0 Å². The molecule has 0 N–H and O–H groups in total. The molecule has 0 radical (unpaired) electrons. The third-order valence-corrected chi connectivity index (χ3v) is 17.3. The van der Waals surface area contributed by atoms with Gasteiger partial charge in [-0.05, 0) is 109 Å². The Morgan fingerprint density at radius 2 is 1.40 bits per heavy atom. The van der Waals surface area contributed by atoms with Crippen molar-refractivity contribution in [3.8, 4) is 0 Å². The van der Waals surface area contributed by atoms with Crippen LogP contribution in [0.1, 0.15) is 133 Å². The lowest BCUT2D eigenvalue weighted by molar-refractivity contribution is -0.327. The topological polar surface area (TPSA) is 150 Å². The Kier molecular flexibility index (Phi) is 13.0. The number of halogens is 3. The molecule has 0 bridgehead atoms. The van der Waals surface area contributed by atoms with Gasteiger partial charge in [-0.1, -0.05) is 94.9 Å². The quantitative estimate of drug-likeness (QED) is 0.0754. The number of ether oxygens (including phenoxy) is 7. The highest BCUT2D eigenvalue weighted by atomic mass is 35.6. The number of hydrogen-bond donors (Lipinski definition) is 0. The Bertz CT molecular complexity index is 1760. The van der Waals surface area contributed by atoms with E-state index in [1.165, 1.54) is 13.3 Å². The lowest BCUT2D eigenvalue weighted by Gasteiger charge is -2.71.